The van der Waals surface area contributed by atoms with Crippen LogP contribution in [0, 0.1) is 0 Å². The third kappa shape index (κ3) is 4.81. The number of pyridine rings is 1. The van der Waals surface area contributed by atoms with E-state index in [-0.39, 0.29) is 12.1 Å². The quantitative estimate of drug-likeness (QED) is 0.887. The van der Waals surface area contributed by atoms with Crippen molar-refractivity contribution in [2.45, 2.75) is 25.4 Å². The fraction of sp³-hybridized carbons (Fsp3) is 0.455. The predicted molar refractivity (Wildman–Crippen MR) is 111 cm³/mol. The van der Waals surface area contributed by atoms with E-state index in [0.29, 0.717) is 0 Å². The summed E-state index contributed by atoms with van der Waals surface area (Å²) in [5.41, 5.74) is 1.36. The molecule has 0 bridgehead atoms. The molecule has 1 aromatic heterocycles. The van der Waals surface area contributed by atoms with Crippen LogP contribution >= 0.6 is 0 Å². The van der Waals surface area contributed by atoms with Gasteiger partial charge in [-0.05, 0) is 30.5 Å². The number of carbonyl (C=O) groups excluding carboxylic acids is 1. The van der Waals surface area contributed by atoms with Crippen LogP contribution in [0.25, 0.3) is 0 Å². The van der Waals surface area contributed by atoms with Crippen LogP contribution in [-0.2, 0) is 6.54 Å². The molecule has 2 fully saturated rings. The van der Waals surface area contributed by atoms with E-state index in [0.717, 1.165) is 64.5 Å². The summed E-state index contributed by atoms with van der Waals surface area (Å²) >= 11 is 0. The van der Waals surface area contributed by atoms with Gasteiger partial charge in [-0.25, -0.2) is 9.78 Å². The molecule has 0 atom stereocenters. The lowest BCUT2D eigenvalue weighted by atomic mass is 10.0. The molecule has 2 amide bonds. The maximum atomic E-state index is 12.6. The number of amides is 2. The van der Waals surface area contributed by atoms with Crippen molar-refractivity contribution in [3.63, 3.8) is 0 Å². The van der Waals surface area contributed by atoms with E-state index < -0.39 is 0 Å². The van der Waals surface area contributed by atoms with Gasteiger partial charge in [0.1, 0.15) is 5.82 Å². The van der Waals surface area contributed by atoms with Crippen molar-refractivity contribution in [1.29, 1.82) is 0 Å². The van der Waals surface area contributed by atoms with Crippen LogP contribution in [0.15, 0.2) is 54.7 Å². The van der Waals surface area contributed by atoms with E-state index >= 15 is 0 Å². The summed E-state index contributed by atoms with van der Waals surface area (Å²) in [6, 6.07) is 16.9. The van der Waals surface area contributed by atoms with Gasteiger partial charge in [0.15, 0.2) is 0 Å². The lowest BCUT2D eigenvalue weighted by molar-refractivity contribution is 0.167. The Kier molecular flexibility index (Phi) is 6.07. The summed E-state index contributed by atoms with van der Waals surface area (Å²) in [7, 11) is 0. The van der Waals surface area contributed by atoms with Crippen molar-refractivity contribution < 1.29 is 4.79 Å². The van der Waals surface area contributed by atoms with Crippen LogP contribution in [0.3, 0.4) is 0 Å². The number of aromatic nitrogens is 1. The van der Waals surface area contributed by atoms with Gasteiger partial charge in [-0.1, -0.05) is 36.4 Å². The second-order valence-electron chi connectivity index (χ2n) is 7.65. The third-order valence-corrected chi connectivity index (χ3v) is 5.70. The van der Waals surface area contributed by atoms with Crippen molar-refractivity contribution in [2.24, 2.45) is 0 Å². The molecule has 0 unspecified atom stereocenters. The number of anilines is 1. The van der Waals surface area contributed by atoms with Gasteiger partial charge in [0, 0.05) is 58.1 Å². The molecule has 6 nitrogen and oxygen atoms in total. The molecule has 0 radical (unpaired) electrons. The standard InChI is InChI=1S/C22H29N5O/c28-22(27-16-14-26(15-17-27)21-8-4-5-11-23-21)24-20-9-12-25(13-10-20)18-19-6-2-1-3-7-19/h1-8,11,20H,9-10,12-18H2,(H,24,28). The molecule has 3 heterocycles. The summed E-state index contributed by atoms with van der Waals surface area (Å²) in [6.45, 7) is 6.22. The summed E-state index contributed by atoms with van der Waals surface area (Å²) in [6.07, 6.45) is 3.86. The Morgan fingerprint density at radius 3 is 2.32 bits per heavy atom. The van der Waals surface area contributed by atoms with E-state index in [1.807, 2.05) is 29.3 Å². The monoisotopic (exact) mass is 379 g/mol. The molecule has 2 saturated heterocycles. The minimum Gasteiger partial charge on any atom is -0.353 e. The normalized spacial score (nSPS) is 18.9. The van der Waals surface area contributed by atoms with Crippen LogP contribution in [0.5, 0.6) is 0 Å². The zero-order chi connectivity index (χ0) is 19.2. The number of piperidine rings is 1. The molecule has 1 N–H and O–H groups in total. The number of likely N-dealkylation sites (tertiary alicyclic amines) is 1. The molecule has 1 aromatic carbocycles. The van der Waals surface area contributed by atoms with E-state index in [1.165, 1.54) is 5.56 Å². The number of rotatable bonds is 4. The highest BCUT2D eigenvalue weighted by Crippen LogP contribution is 2.16. The highest BCUT2D eigenvalue weighted by molar-refractivity contribution is 5.75. The first-order chi connectivity index (χ1) is 13.8. The minimum atomic E-state index is 0.0854. The number of hydrogen-bond acceptors (Lipinski definition) is 4. The lowest BCUT2D eigenvalue weighted by Crippen LogP contribution is -2.55. The number of nitrogens with one attached hydrogen (secondary N) is 1. The first kappa shape index (κ1) is 18.7. The van der Waals surface area contributed by atoms with E-state index in [2.05, 4.69) is 50.4 Å². The first-order valence-electron chi connectivity index (χ1n) is 10.3. The van der Waals surface area contributed by atoms with E-state index in [9.17, 15) is 4.79 Å². The van der Waals surface area contributed by atoms with E-state index in [1.54, 1.807) is 0 Å². The smallest absolute Gasteiger partial charge is 0.317 e. The topological polar surface area (TPSA) is 51.7 Å². The third-order valence-electron chi connectivity index (χ3n) is 5.70. The van der Waals surface area contributed by atoms with Gasteiger partial charge in [-0.2, -0.15) is 0 Å². The highest BCUT2D eigenvalue weighted by Gasteiger charge is 2.25. The molecular weight excluding hydrogens is 350 g/mol. The molecule has 148 valence electrons. The zero-order valence-electron chi connectivity index (χ0n) is 16.3. The molecule has 0 saturated carbocycles. The Balaban J connectivity index is 1.19. The van der Waals surface area contributed by atoms with Crippen molar-refractivity contribution in [1.82, 2.24) is 20.1 Å². The van der Waals surface area contributed by atoms with Crippen LogP contribution in [0.4, 0.5) is 10.6 Å². The molecule has 4 rings (SSSR count). The molecule has 6 heteroatoms. The van der Waals surface area contributed by atoms with Gasteiger partial charge in [-0.15, -0.1) is 0 Å². The molecule has 0 spiro atoms. The molecule has 2 aliphatic rings. The maximum absolute atomic E-state index is 12.6. The van der Waals surface area contributed by atoms with Crippen molar-refractivity contribution in [2.75, 3.05) is 44.2 Å². The fourth-order valence-corrected chi connectivity index (χ4v) is 4.02. The highest BCUT2D eigenvalue weighted by atomic mass is 16.2. The average Bonchev–Trinajstić information content (AvgIpc) is 2.76. The van der Waals surface area contributed by atoms with Crippen LogP contribution in [-0.4, -0.2) is 66.1 Å². The fourth-order valence-electron chi connectivity index (χ4n) is 4.02. The Morgan fingerprint density at radius 1 is 0.929 bits per heavy atom. The van der Waals surface area contributed by atoms with Gasteiger partial charge < -0.3 is 15.1 Å². The second-order valence-corrected chi connectivity index (χ2v) is 7.65. The van der Waals surface area contributed by atoms with Crippen LogP contribution < -0.4 is 10.2 Å². The molecule has 2 aliphatic heterocycles. The first-order valence-corrected chi connectivity index (χ1v) is 10.3. The maximum Gasteiger partial charge on any atom is 0.317 e. The second kappa shape index (κ2) is 9.06. The van der Waals surface area contributed by atoms with Gasteiger partial charge in [0.05, 0.1) is 0 Å². The van der Waals surface area contributed by atoms with Gasteiger partial charge in [-0.3, -0.25) is 4.90 Å². The van der Waals surface area contributed by atoms with Gasteiger partial charge in [0.25, 0.3) is 0 Å². The lowest BCUT2D eigenvalue weighted by Gasteiger charge is -2.37. The minimum absolute atomic E-state index is 0.0854. The number of urea groups is 1. The van der Waals surface area contributed by atoms with Crippen LogP contribution in [0.2, 0.25) is 0 Å². The SMILES string of the molecule is O=C(NC1CCN(Cc2ccccc2)CC1)N1CCN(c2ccccn2)CC1. The zero-order valence-corrected chi connectivity index (χ0v) is 16.3. The Hall–Kier alpha value is -2.60. The van der Waals surface area contributed by atoms with Crippen LogP contribution in [0.1, 0.15) is 18.4 Å². The number of piperazine rings is 1. The molecule has 0 aliphatic carbocycles. The summed E-state index contributed by atoms with van der Waals surface area (Å²) in [4.78, 5) is 23.7. The Morgan fingerprint density at radius 2 is 1.64 bits per heavy atom. The molecule has 2 aromatic rings. The number of hydrogen-bond donors (Lipinski definition) is 1. The van der Waals surface area contributed by atoms with E-state index in [4.69, 9.17) is 0 Å². The largest absolute Gasteiger partial charge is 0.353 e. The Bertz CT molecular complexity index is 738. The number of nitrogens with zero attached hydrogens (tertiary/aromatic N) is 4. The molecular formula is C22H29N5O. The number of carbonyl (C=O) groups is 1. The van der Waals surface area contributed by atoms with Crippen molar-refractivity contribution in [3.8, 4) is 0 Å². The van der Waals surface area contributed by atoms with Crippen molar-refractivity contribution >= 4 is 11.8 Å². The summed E-state index contributed by atoms with van der Waals surface area (Å²) in [5, 5.41) is 3.25. The van der Waals surface area contributed by atoms with Gasteiger partial charge >= 0.3 is 6.03 Å². The average molecular weight is 380 g/mol. The molecule has 28 heavy (non-hydrogen) atoms. The predicted octanol–water partition coefficient (Wildman–Crippen LogP) is 2.58. The van der Waals surface area contributed by atoms with Crippen molar-refractivity contribution in [3.05, 3.63) is 60.3 Å². The van der Waals surface area contributed by atoms with Gasteiger partial charge in [0.2, 0.25) is 0 Å². The Labute approximate surface area is 167 Å². The summed E-state index contributed by atoms with van der Waals surface area (Å²) < 4.78 is 0. The summed E-state index contributed by atoms with van der Waals surface area (Å²) in [5.74, 6) is 0.994. The number of benzene rings is 1.